The van der Waals surface area contributed by atoms with Crippen LogP contribution in [-0.4, -0.2) is 49.4 Å². The Bertz CT molecular complexity index is 897. The van der Waals surface area contributed by atoms with Crippen LogP contribution in [0.5, 0.6) is 0 Å². The zero-order valence-electron chi connectivity index (χ0n) is 13.6. The number of tetrazole rings is 1. The number of carbonyl (C=O) groups is 3. The third-order valence-electron chi connectivity index (χ3n) is 3.34. The molecule has 2 heterocycles. The lowest BCUT2D eigenvalue weighted by molar-refractivity contribution is -0.222. The number of hydrogen-bond donors (Lipinski definition) is 3. The maximum atomic E-state index is 11.9. The monoisotopic (exact) mass is 359 g/mol. The molecular formula is C15H13N5O6. The van der Waals surface area contributed by atoms with Crippen molar-refractivity contribution in [3.8, 4) is 11.4 Å². The van der Waals surface area contributed by atoms with Gasteiger partial charge >= 0.3 is 17.9 Å². The Labute approximate surface area is 146 Å². The van der Waals surface area contributed by atoms with Crippen molar-refractivity contribution in [2.45, 2.75) is 19.6 Å². The number of ether oxygens (including phenoxy) is 2. The summed E-state index contributed by atoms with van der Waals surface area (Å²) in [5.41, 5.74) is 0.0925. The first kappa shape index (κ1) is 17.1. The van der Waals surface area contributed by atoms with Crippen molar-refractivity contribution in [3.05, 3.63) is 35.5 Å². The number of benzene rings is 1. The van der Waals surface area contributed by atoms with E-state index in [4.69, 9.17) is 9.47 Å². The van der Waals surface area contributed by atoms with Crippen molar-refractivity contribution in [2.75, 3.05) is 5.32 Å². The van der Waals surface area contributed by atoms with E-state index in [0.29, 0.717) is 5.56 Å². The summed E-state index contributed by atoms with van der Waals surface area (Å²) in [6.07, 6.45) is 1.03. The van der Waals surface area contributed by atoms with Gasteiger partial charge in [0.1, 0.15) is 0 Å². The second kappa shape index (κ2) is 6.27. The van der Waals surface area contributed by atoms with Crippen LogP contribution in [0.2, 0.25) is 0 Å². The lowest BCUT2D eigenvalue weighted by Gasteiger charge is -2.29. The molecule has 26 heavy (non-hydrogen) atoms. The van der Waals surface area contributed by atoms with Gasteiger partial charge < -0.3 is 19.9 Å². The quantitative estimate of drug-likeness (QED) is 0.403. The zero-order chi connectivity index (χ0) is 18.9. The highest BCUT2D eigenvalue weighted by Gasteiger charge is 2.39. The molecule has 0 bridgehead atoms. The van der Waals surface area contributed by atoms with Crippen molar-refractivity contribution >= 4 is 23.6 Å². The van der Waals surface area contributed by atoms with Gasteiger partial charge in [-0.2, -0.15) is 5.21 Å². The summed E-state index contributed by atoms with van der Waals surface area (Å²) in [6, 6.07) is 4.27. The van der Waals surface area contributed by atoms with Gasteiger partial charge in [-0.3, -0.25) is 0 Å². The van der Waals surface area contributed by atoms with Crippen LogP contribution in [0.25, 0.3) is 11.4 Å². The molecule has 1 aliphatic heterocycles. The SMILES string of the molecule is CC1(C)OC(=O)C(=CNc2cc(-c3nn[nH]n3)ccc2C(=O)O)C(=O)O1. The van der Waals surface area contributed by atoms with Crippen molar-refractivity contribution in [3.63, 3.8) is 0 Å². The smallest absolute Gasteiger partial charge is 0.350 e. The molecule has 0 amide bonds. The first-order chi connectivity index (χ1) is 12.3. The number of nitrogens with zero attached hydrogens (tertiary/aromatic N) is 3. The second-order valence-corrected chi connectivity index (χ2v) is 5.68. The van der Waals surface area contributed by atoms with Crippen molar-refractivity contribution in [1.29, 1.82) is 0 Å². The first-order valence-electron chi connectivity index (χ1n) is 7.31. The molecule has 1 aromatic carbocycles. The maximum Gasteiger partial charge on any atom is 0.350 e. The minimum Gasteiger partial charge on any atom is -0.478 e. The van der Waals surface area contributed by atoms with Gasteiger partial charge in [0, 0.05) is 25.6 Å². The highest BCUT2D eigenvalue weighted by atomic mass is 16.7. The summed E-state index contributed by atoms with van der Waals surface area (Å²) in [4.78, 5) is 35.3. The fourth-order valence-corrected chi connectivity index (χ4v) is 2.20. The van der Waals surface area contributed by atoms with Crippen molar-refractivity contribution < 1.29 is 29.0 Å². The number of aromatic nitrogens is 4. The summed E-state index contributed by atoms with van der Waals surface area (Å²) >= 11 is 0. The van der Waals surface area contributed by atoms with Crippen LogP contribution in [0.15, 0.2) is 30.0 Å². The molecule has 0 saturated carbocycles. The minimum absolute atomic E-state index is 0.0908. The van der Waals surface area contributed by atoms with Crippen molar-refractivity contribution in [1.82, 2.24) is 20.6 Å². The van der Waals surface area contributed by atoms with Crippen LogP contribution in [0.3, 0.4) is 0 Å². The number of aromatic amines is 1. The average molecular weight is 359 g/mol. The van der Waals surface area contributed by atoms with Crippen molar-refractivity contribution in [2.24, 2.45) is 0 Å². The van der Waals surface area contributed by atoms with Crippen LogP contribution in [0, 0.1) is 0 Å². The van der Waals surface area contributed by atoms with E-state index in [1.165, 1.54) is 32.0 Å². The fraction of sp³-hybridized carbons (Fsp3) is 0.200. The molecule has 0 atom stereocenters. The Morgan fingerprint density at radius 2 is 1.96 bits per heavy atom. The van der Waals surface area contributed by atoms with E-state index in [2.05, 4.69) is 25.9 Å². The van der Waals surface area contributed by atoms with Gasteiger partial charge in [0.25, 0.3) is 5.79 Å². The predicted molar refractivity (Wildman–Crippen MR) is 84.5 cm³/mol. The largest absolute Gasteiger partial charge is 0.478 e. The van der Waals surface area contributed by atoms with Crippen LogP contribution >= 0.6 is 0 Å². The van der Waals surface area contributed by atoms with Crippen LogP contribution in [0.1, 0.15) is 24.2 Å². The highest BCUT2D eigenvalue weighted by Crippen LogP contribution is 2.25. The Morgan fingerprint density at radius 3 is 2.54 bits per heavy atom. The molecule has 3 rings (SSSR count). The van der Waals surface area contributed by atoms with E-state index in [1.807, 2.05) is 0 Å². The summed E-state index contributed by atoms with van der Waals surface area (Å²) < 4.78 is 9.93. The Morgan fingerprint density at radius 1 is 1.27 bits per heavy atom. The molecule has 2 aromatic rings. The Kier molecular flexibility index (Phi) is 4.12. The second-order valence-electron chi connectivity index (χ2n) is 5.68. The average Bonchev–Trinajstić information content (AvgIpc) is 3.07. The third-order valence-corrected chi connectivity index (χ3v) is 3.34. The minimum atomic E-state index is -1.36. The molecule has 134 valence electrons. The van der Waals surface area contributed by atoms with Gasteiger partial charge in [-0.25, -0.2) is 14.4 Å². The van der Waals surface area contributed by atoms with E-state index in [-0.39, 0.29) is 17.1 Å². The number of carboxylic acids is 1. The highest BCUT2D eigenvalue weighted by molar-refractivity contribution is 6.15. The fourth-order valence-electron chi connectivity index (χ4n) is 2.20. The molecule has 0 radical (unpaired) electrons. The zero-order valence-corrected chi connectivity index (χ0v) is 13.6. The molecule has 3 N–H and O–H groups in total. The van der Waals surface area contributed by atoms with Gasteiger partial charge in [-0.15, -0.1) is 10.2 Å². The van der Waals surface area contributed by atoms with E-state index < -0.39 is 29.3 Å². The van der Waals surface area contributed by atoms with E-state index in [0.717, 1.165) is 6.20 Å². The summed E-state index contributed by atoms with van der Waals surface area (Å²) in [7, 11) is 0. The topological polar surface area (TPSA) is 156 Å². The number of carboxylic acid groups (broad SMARTS) is 1. The number of anilines is 1. The number of nitrogens with one attached hydrogen (secondary N) is 2. The molecule has 1 aliphatic rings. The van der Waals surface area contributed by atoms with E-state index in [1.54, 1.807) is 0 Å². The molecule has 1 aromatic heterocycles. The summed E-state index contributed by atoms with van der Waals surface area (Å²) in [6.45, 7) is 2.84. The number of esters is 2. The summed E-state index contributed by atoms with van der Waals surface area (Å²) in [5, 5.41) is 25.3. The Hall–Kier alpha value is -3.76. The molecule has 11 nitrogen and oxygen atoms in total. The van der Waals surface area contributed by atoms with E-state index in [9.17, 15) is 19.5 Å². The molecule has 1 fully saturated rings. The molecule has 1 saturated heterocycles. The lowest BCUT2D eigenvalue weighted by atomic mass is 10.1. The number of aromatic carboxylic acids is 1. The van der Waals surface area contributed by atoms with Gasteiger partial charge in [0.05, 0.1) is 11.3 Å². The summed E-state index contributed by atoms with van der Waals surface area (Å²) in [5.74, 6) is -4.10. The number of cyclic esters (lactones) is 2. The lowest BCUT2D eigenvalue weighted by Crippen LogP contribution is -2.42. The van der Waals surface area contributed by atoms with Crippen LogP contribution in [-0.2, 0) is 19.1 Å². The molecule has 0 unspecified atom stereocenters. The number of hydrogen-bond acceptors (Lipinski definition) is 9. The van der Waals surface area contributed by atoms with Gasteiger partial charge in [0.2, 0.25) is 5.82 Å². The van der Waals surface area contributed by atoms with E-state index >= 15 is 0 Å². The molecule has 0 aliphatic carbocycles. The third kappa shape index (κ3) is 3.36. The molecule has 0 spiro atoms. The van der Waals surface area contributed by atoms with Gasteiger partial charge in [-0.1, -0.05) is 6.07 Å². The number of carbonyl (C=O) groups excluding carboxylic acids is 2. The number of rotatable bonds is 4. The first-order valence-corrected chi connectivity index (χ1v) is 7.31. The normalized spacial score (nSPS) is 15.8. The predicted octanol–water partition coefficient (Wildman–Crippen LogP) is 0.697. The van der Waals surface area contributed by atoms with Gasteiger partial charge in [0.15, 0.2) is 5.57 Å². The molecular weight excluding hydrogens is 346 g/mol. The van der Waals surface area contributed by atoms with Gasteiger partial charge in [-0.05, 0) is 17.3 Å². The molecule has 11 heteroatoms. The Balaban J connectivity index is 1.93. The van der Waals surface area contributed by atoms with Crippen LogP contribution in [0.4, 0.5) is 5.69 Å². The number of H-pyrrole nitrogens is 1. The standard InChI is InChI=1S/C15H13N5O6/c1-15(2)25-13(23)9(14(24)26-15)6-16-10-5-7(11-17-19-20-18-11)3-4-8(10)12(21)22/h3-6,16H,1-2H3,(H,21,22)(H,17,18,19,20). The van der Waals surface area contributed by atoms with Crippen LogP contribution < -0.4 is 5.32 Å². The maximum absolute atomic E-state index is 11.9.